The van der Waals surface area contributed by atoms with Crippen molar-refractivity contribution < 1.29 is 29.4 Å². The summed E-state index contributed by atoms with van der Waals surface area (Å²) in [6.07, 6.45) is 1.73. The van der Waals surface area contributed by atoms with Crippen LogP contribution in [0.4, 0.5) is 4.79 Å². The van der Waals surface area contributed by atoms with E-state index in [2.05, 4.69) is 0 Å². The molecule has 126 valence electrons. The third-order valence-corrected chi connectivity index (χ3v) is 5.79. The predicted molar refractivity (Wildman–Crippen MR) is 80.3 cm³/mol. The summed E-state index contributed by atoms with van der Waals surface area (Å²) in [6.45, 7) is 3.52. The van der Waals surface area contributed by atoms with Gasteiger partial charge in [0.25, 0.3) is 5.91 Å². The first-order valence-electron chi connectivity index (χ1n) is 7.42. The molecule has 0 spiro atoms. The topological polar surface area (TPSA) is 107 Å². The highest BCUT2D eigenvalue weighted by Gasteiger charge is 2.56. The molecule has 0 aromatic heterocycles. The van der Waals surface area contributed by atoms with Crippen LogP contribution in [0.15, 0.2) is 11.8 Å². The van der Waals surface area contributed by atoms with Gasteiger partial charge in [-0.05, 0) is 32.6 Å². The summed E-state index contributed by atoms with van der Waals surface area (Å²) >= 11 is 1.25. The zero-order chi connectivity index (χ0) is 16.9. The lowest BCUT2D eigenvalue weighted by Gasteiger charge is -2.50. The molecule has 3 aliphatic rings. The first kappa shape index (κ1) is 16.1. The van der Waals surface area contributed by atoms with Crippen molar-refractivity contribution in [1.82, 2.24) is 9.96 Å². The van der Waals surface area contributed by atoms with Crippen LogP contribution >= 0.6 is 11.8 Å². The average Bonchev–Trinajstić information content (AvgIpc) is 3.30. The van der Waals surface area contributed by atoms with Gasteiger partial charge in [0.2, 0.25) is 0 Å². The van der Waals surface area contributed by atoms with Crippen molar-refractivity contribution in [3.8, 4) is 0 Å². The van der Waals surface area contributed by atoms with E-state index in [0.717, 1.165) is 17.9 Å². The quantitative estimate of drug-likeness (QED) is 0.573. The highest BCUT2D eigenvalue weighted by molar-refractivity contribution is 8.00. The van der Waals surface area contributed by atoms with Crippen LogP contribution in [0.5, 0.6) is 0 Å². The maximum Gasteiger partial charge on any atom is 0.432 e. The molecule has 2 N–H and O–H groups in total. The van der Waals surface area contributed by atoms with Gasteiger partial charge >= 0.3 is 12.1 Å². The van der Waals surface area contributed by atoms with Crippen LogP contribution in [0.3, 0.4) is 0 Å². The van der Waals surface area contributed by atoms with Crippen LogP contribution in [-0.4, -0.2) is 60.9 Å². The van der Waals surface area contributed by atoms with E-state index in [-0.39, 0.29) is 16.9 Å². The van der Waals surface area contributed by atoms with E-state index < -0.39 is 29.4 Å². The monoisotopic (exact) mass is 342 g/mol. The summed E-state index contributed by atoms with van der Waals surface area (Å²) in [5, 5.41) is 18.5. The predicted octanol–water partition coefficient (Wildman–Crippen LogP) is 1.34. The van der Waals surface area contributed by atoms with Gasteiger partial charge in [-0.25, -0.2) is 9.59 Å². The number of fused-ring (bicyclic) bond motifs is 1. The fraction of sp³-hybridized carbons (Fsp3) is 0.643. The zero-order valence-corrected chi connectivity index (χ0v) is 13.5. The molecule has 2 amide bonds. The molecule has 3 unspecified atom stereocenters. The number of aliphatic carboxylic acids is 1. The molecule has 2 heterocycles. The van der Waals surface area contributed by atoms with Crippen molar-refractivity contribution in [3.05, 3.63) is 11.8 Å². The molecular formula is C14H18N2O6S. The molecule has 8 nitrogen and oxygen atoms in total. The van der Waals surface area contributed by atoms with E-state index in [9.17, 15) is 19.5 Å². The van der Waals surface area contributed by atoms with Gasteiger partial charge in [-0.2, -0.15) is 5.06 Å². The summed E-state index contributed by atoms with van der Waals surface area (Å²) in [6, 6.07) is -0.937. The van der Waals surface area contributed by atoms with Gasteiger partial charge < -0.3 is 15.1 Å². The number of carbonyl (C=O) groups is 3. The average molecular weight is 342 g/mol. The largest absolute Gasteiger partial charge is 0.478 e. The molecule has 2 aliphatic heterocycles. The summed E-state index contributed by atoms with van der Waals surface area (Å²) in [5.74, 6) is -1.20. The van der Waals surface area contributed by atoms with Crippen LogP contribution in [-0.2, 0) is 14.4 Å². The van der Waals surface area contributed by atoms with E-state index in [1.165, 1.54) is 22.9 Å². The van der Waals surface area contributed by atoms with Crippen LogP contribution in [0.25, 0.3) is 0 Å². The molecule has 3 rings (SSSR count). The Bertz CT molecular complexity index is 590. The lowest BCUT2D eigenvalue weighted by Crippen LogP contribution is -2.70. The lowest BCUT2D eigenvalue weighted by atomic mass is 10.1. The number of carboxylic acids is 1. The fourth-order valence-electron chi connectivity index (χ4n) is 2.79. The first-order valence-corrected chi connectivity index (χ1v) is 8.37. The van der Waals surface area contributed by atoms with Gasteiger partial charge in [0.05, 0.1) is 11.7 Å². The van der Waals surface area contributed by atoms with Gasteiger partial charge in [0, 0.05) is 11.4 Å². The van der Waals surface area contributed by atoms with Gasteiger partial charge in [0.15, 0.2) is 6.04 Å². The molecule has 0 aromatic carbocycles. The summed E-state index contributed by atoms with van der Waals surface area (Å²) < 4.78 is 0. The van der Waals surface area contributed by atoms with Gasteiger partial charge in [0.1, 0.15) is 5.37 Å². The van der Waals surface area contributed by atoms with Crippen LogP contribution in [0.1, 0.15) is 26.7 Å². The number of rotatable bonds is 5. The fourth-order valence-corrected chi connectivity index (χ4v) is 4.19. The maximum absolute atomic E-state index is 12.3. The number of thioether (sulfide) groups is 1. The SMILES string of the molecule is CC1S[C@@H]2C(N(OC(C)C3CC3)C(=O)O)C(=O)N2C=C1C(=O)O. The van der Waals surface area contributed by atoms with Gasteiger partial charge in [-0.3, -0.25) is 9.63 Å². The van der Waals surface area contributed by atoms with Crippen molar-refractivity contribution >= 4 is 29.7 Å². The Morgan fingerprint density at radius 3 is 2.61 bits per heavy atom. The van der Waals surface area contributed by atoms with Crippen LogP contribution < -0.4 is 0 Å². The summed E-state index contributed by atoms with van der Waals surface area (Å²) in [4.78, 5) is 41.7. The standard InChI is InChI=1S/C14H18N2O6S/c1-6(8-3-4-8)22-16(14(20)21)10-11(17)15-5-9(13(18)19)7(2)23-12(10)15/h5-8,10,12H,3-4H2,1-2H3,(H,18,19)(H,20,21)/t6?,7?,10?,12-/m1/s1. The van der Waals surface area contributed by atoms with E-state index in [0.29, 0.717) is 5.92 Å². The van der Waals surface area contributed by atoms with E-state index in [1.54, 1.807) is 13.8 Å². The number of hydrogen-bond acceptors (Lipinski definition) is 5. The van der Waals surface area contributed by atoms with E-state index in [4.69, 9.17) is 9.94 Å². The molecule has 1 aliphatic carbocycles. The molecule has 1 saturated heterocycles. The number of β-lactam (4-membered cyclic amide) rings is 1. The van der Waals surface area contributed by atoms with Crippen LogP contribution in [0.2, 0.25) is 0 Å². The minimum absolute atomic E-state index is 0.132. The molecule has 0 bridgehead atoms. The molecule has 9 heteroatoms. The van der Waals surface area contributed by atoms with Crippen molar-refractivity contribution in [2.45, 2.75) is 49.5 Å². The number of carbonyl (C=O) groups excluding carboxylic acids is 1. The zero-order valence-electron chi connectivity index (χ0n) is 12.7. The molecular weight excluding hydrogens is 324 g/mol. The molecule has 0 radical (unpaired) electrons. The number of carboxylic acid groups (broad SMARTS) is 2. The Labute approximate surface area is 137 Å². The second-order valence-electron chi connectivity index (χ2n) is 6.01. The van der Waals surface area contributed by atoms with Crippen LogP contribution in [0, 0.1) is 5.92 Å². The number of nitrogens with zero attached hydrogens (tertiary/aromatic N) is 2. The Balaban J connectivity index is 1.77. The normalized spacial score (nSPS) is 30.9. The Kier molecular flexibility index (Phi) is 4.01. The van der Waals surface area contributed by atoms with Crippen molar-refractivity contribution in [1.29, 1.82) is 0 Å². The first-order chi connectivity index (χ1) is 10.8. The summed E-state index contributed by atoms with van der Waals surface area (Å²) in [7, 11) is 0. The molecule has 2 fully saturated rings. The van der Waals surface area contributed by atoms with Gasteiger partial charge in [-0.15, -0.1) is 11.8 Å². The van der Waals surface area contributed by atoms with Crippen molar-refractivity contribution in [3.63, 3.8) is 0 Å². The molecule has 0 aromatic rings. The Morgan fingerprint density at radius 1 is 1.43 bits per heavy atom. The highest BCUT2D eigenvalue weighted by Crippen LogP contribution is 2.43. The molecule has 1 saturated carbocycles. The summed E-state index contributed by atoms with van der Waals surface area (Å²) in [5.41, 5.74) is 0.132. The molecule has 4 atom stereocenters. The second kappa shape index (κ2) is 5.72. The van der Waals surface area contributed by atoms with E-state index in [1.807, 2.05) is 0 Å². The minimum atomic E-state index is -1.31. The number of amides is 2. The number of hydrogen-bond donors (Lipinski definition) is 2. The third-order valence-electron chi connectivity index (χ3n) is 4.37. The Morgan fingerprint density at radius 2 is 2.09 bits per heavy atom. The molecule has 23 heavy (non-hydrogen) atoms. The minimum Gasteiger partial charge on any atom is -0.478 e. The maximum atomic E-state index is 12.3. The van der Waals surface area contributed by atoms with E-state index >= 15 is 0 Å². The van der Waals surface area contributed by atoms with Crippen molar-refractivity contribution in [2.24, 2.45) is 5.92 Å². The third kappa shape index (κ3) is 2.78. The second-order valence-corrected chi connectivity index (χ2v) is 7.47. The Hall–Kier alpha value is -1.74. The van der Waals surface area contributed by atoms with Gasteiger partial charge in [-0.1, -0.05) is 0 Å². The highest BCUT2D eigenvalue weighted by atomic mass is 32.2. The smallest absolute Gasteiger partial charge is 0.432 e. The number of hydroxylamine groups is 2. The lowest BCUT2D eigenvalue weighted by molar-refractivity contribution is -0.216. The van der Waals surface area contributed by atoms with Crippen molar-refractivity contribution in [2.75, 3.05) is 0 Å².